The molecule has 2 nitrogen and oxygen atoms in total. The Kier molecular flexibility index (Phi) is 4.82. The summed E-state index contributed by atoms with van der Waals surface area (Å²) in [7, 11) is 0. The molecule has 1 atom stereocenters. The van der Waals surface area contributed by atoms with Crippen molar-refractivity contribution in [1.82, 2.24) is 10.6 Å². The monoisotopic (exact) mass is 266 g/mol. The van der Waals surface area contributed by atoms with Crippen LogP contribution < -0.4 is 10.6 Å². The summed E-state index contributed by atoms with van der Waals surface area (Å²) in [4.78, 5) is 2.92. The molecule has 102 valence electrons. The Labute approximate surface area is 115 Å². The highest BCUT2D eigenvalue weighted by Crippen LogP contribution is 2.25. The first kappa shape index (κ1) is 14.0. The zero-order valence-corrected chi connectivity index (χ0v) is 12.8. The van der Waals surface area contributed by atoms with Crippen molar-refractivity contribution in [2.45, 2.75) is 58.5 Å². The lowest BCUT2D eigenvalue weighted by Crippen LogP contribution is -2.48. The highest BCUT2D eigenvalue weighted by molar-refractivity contribution is 7.12. The third kappa shape index (κ3) is 3.34. The van der Waals surface area contributed by atoms with Gasteiger partial charge in [0.15, 0.2) is 0 Å². The number of rotatable bonds is 6. The van der Waals surface area contributed by atoms with Gasteiger partial charge in [-0.25, -0.2) is 0 Å². The zero-order valence-electron chi connectivity index (χ0n) is 11.9. The van der Waals surface area contributed by atoms with Gasteiger partial charge in [0, 0.05) is 28.4 Å². The molecule has 18 heavy (non-hydrogen) atoms. The smallest absolute Gasteiger partial charge is 0.0306 e. The first-order valence-electron chi connectivity index (χ1n) is 7.17. The Morgan fingerprint density at radius 1 is 1.44 bits per heavy atom. The SMILES string of the molecule is CCCC1(CNCc2cc(C)c(C)s2)CCCN1. The second-order valence-corrected chi connectivity index (χ2v) is 6.96. The number of hydrogen-bond acceptors (Lipinski definition) is 3. The van der Waals surface area contributed by atoms with Crippen LogP contribution in [0.4, 0.5) is 0 Å². The van der Waals surface area contributed by atoms with Gasteiger partial charge >= 0.3 is 0 Å². The molecule has 0 aromatic carbocycles. The predicted molar refractivity (Wildman–Crippen MR) is 80.4 cm³/mol. The van der Waals surface area contributed by atoms with Crippen LogP contribution in [-0.2, 0) is 6.54 Å². The lowest BCUT2D eigenvalue weighted by Gasteiger charge is -2.29. The minimum atomic E-state index is 0.371. The Morgan fingerprint density at radius 2 is 2.28 bits per heavy atom. The van der Waals surface area contributed by atoms with Crippen LogP contribution in [0, 0.1) is 13.8 Å². The summed E-state index contributed by atoms with van der Waals surface area (Å²) in [5, 5.41) is 7.37. The van der Waals surface area contributed by atoms with E-state index in [0.717, 1.165) is 13.1 Å². The van der Waals surface area contributed by atoms with Crippen LogP contribution in [0.3, 0.4) is 0 Å². The van der Waals surface area contributed by atoms with Crippen molar-refractivity contribution in [3.05, 3.63) is 21.4 Å². The van der Waals surface area contributed by atoms with Crippen LogP contribution in [0.15, 0.2) is 6.07 Å². The number of thiophene rings is 1. The van der Waals surface area contributed by atoms with E-state index >= 15 is 0 Å². The molecular weight excluding hydrogens is 240 g/mol. The molecule has 0 amide bonds. The topological polar surface area (TPSA) is 24.1 Å². The molecule has 0 bridgehead atoms. The second-order valence-electron chi connectivity index (χ2n) is 5.62. The molecule has 2 heterocycles. The molecule has 0 aliphatic carbocycles. The molecule has 1 unspecified atom stereocenters. The van der Waals surface area contributed by atoms with Gasteiger partial charge < -0.3 is 10.6 Å². The molecule has 0 radical (unpaired) electrons. The van der Waals surface area contributed by atoms with E-state index in [4.69, 9.17) is 0 Å². The van der Waals surface area contributed by atoms with Gasteiger partial charge in [0.1, 0.15) is 0 Å². The van der Waals surface area contributed by atoms with Crippen LogP contribution in [0.1, 0.15) is 47.9 Å². The molecule has 3 heteroatoms. The maximum Gasteiger partial charge on any atom is 0.0306 e. The third-order valence-electron chi connectivity index (χ3n) is 4.04. The largest absolute Gasteiger partial charge is 0.310 e. The van der Waals surface area contributed by atoms with E-state index in [1.807, 2.05) is 11.3 Å². The molecule has 1 saturated heterocycles. The van der Waals surface area contributed by atoms with Crippen molar-refractivity contribution in [3.63, 3.8) is 0 Å². The molecule has 1 fully saturated rings. The average molecular weight is 266 g/mol. The lowest BCUT2D eigenvalue weighted by molar-refractivity contribution is 0.325. The summed E-state index contributed by atoms with van der Waals surface area (Å²) in [5.74, 6) is 0. The highest BCUT2D eigenvalue weighted by Gasteiger charge is 2.31. The lowest BCUT2D eigenvalue weighted by atomic mass is 9.92. The quantitative estimate of drug-likeness (QED) is 0.825. The molecule has 1 aliphatic rings. The van der Waals surface area contributed by atoms with Crippen LogP contribution in [-0.4, -0.2) is 18.6 Å². The Hall–Kier alpha value is -0.380. The van der Waals surface area contributed by atoms with Crippen molar-refractivity contribution >= 4 is 11.3 Å². The number of aryl methyl sites for hydroxylation is 2. The summed E-state index contributed by atoms with van der Waals surface area (Å²) in [6.07, 6.45) is 5.23. The van der Waals surface area contributed by atoms with Crippen molar-refractivity contribution in [2.75, 3.05) is 13.1 Å². The van der Waals surface area contributed by atoms with Gasteiger partial charge in [-0.05, 0) is 51.3 Å². The Bertz CT molecular complexity index is 358. The van der Waals surface area contributed by atoms with Crippen molar-refractivity contribution in [2.24, 2.45) is 0 Å². The molecule has 0 spiro atoms. The molecule has 1 aromatic heterocycles. The normalized spacial score (nSPS) is 23.7. The van der Waals surface area contributed by atoms with Crippen LogP contribution in [0.2, 0.25) is 0 Å². The summed E-state index contributed by atoms with van der Waals surface area (Å²) in [6.45, 7) is 10.0. The van der Waals surface area contributed by atoms with Crippen molar-refractivity contribution in [1.29, 1.82) is 0 Å². The maximum atomic E-state index is 3.71. The fourth-order valence-corrected chi connectivity index (χ4v) is 3.98. The first-order chi connectivity index (χ1) is 8.65. The third-order valence-corrected chi connectivity index (χ3v) is 5.19. The molecule has 2 N–H and O–H groups in total. The molecule has 2 rings (SSSR count). The van der Waals surface area contributed by atoms with Crippen LogP contribution >= 0.6 is 11.3 Å². The molecule has 1 aromatic rings. The molecule has 0 saturated carbocycles. The Balaban J connectivity index is 1.83. The van der Waals surface area contributed by atoms with E-state index in [-0.39, 0.29) is 0 Å². The van der Waals surface area contributed by atoms with Crippen molar-refractivity contribution in [3.8, 4) is 0 Å². The van der Waals surface area contributed by atoms with Gasteiger partial charge in [-0.2, -0.15) is 0 Å². The average Bonchev–Trinajstić information content (AvgIpc) is 2.89. The molecular formula is C15H26N2S. The van der Waals surface area contributed by atoms with Gasteiger partial charge in [-0.1, -0.05) is 13.3 Å². The van der Waals surface area contributed by atoms with E-state index in [1.165, 1.54) is 47.5 Å². The highest BCUT2D eigenvalue weighted by atomic mass is 32.1. The summed E-state index contributed by atoms with van der Waals surface area (Å²) >= 11 is 1.93. The zero-order chi connectivity index (χ0) is 13.0. The minimum Gasteiger partial charge on any atom is -0.310 e. The van der Waals surface area contributed by atoms with E-state index in [2.05, 4.69) is 37.5 Å². The van der Waals surface area contributed by atoms with Gasteiger partial charge in [0.2, 0.25) is 0 Å². The van der Waals surface area contributed by atoms with E-state index < -0.39 is 0 Å². The standard InChI is InChI=1S/C15H26N2S/c1-4-6-15(7-5-8-17-15)11-16-10-14-9-12(2)13(3)18-14/h9,16-17H,4-8,10-11H2,1-3H3. The fourth-order valence-electron chi connectivity index (χ4n) is 2.96. The molecule has 1 aliphatic heterocycles. The number of hydrogen-bond donors (Lipinski definition) is 2. The second kappa shape index (κ2) is 6.18. The van der Waals surface area contributed by atoms with Crippen molar-refractivity contribution < 1.29 is 0 Å². The van der Waals surface area contributed by atoms with Gasteiger partial charge in [0.25, 0.3) is 0 Å². The van der Waals surface area contributed by atoms with Gasteiger partial charge in [0.05, 0.1) is 0 Å². The van der Waals surface area contributed by atoms with E-state index in [0.29, 0.717) is 5.54 Å². The maximum absolute atomic E-state index is 3.71. The van der Waals surface area contributed by atoms with Gasteiger partial charge in [-0.3, -0.25) is 0 Å². The van der Waals surface area contributed by atoms with Crippen LogP contribution in [0.5, 0.6) is 0 Å². The first-order valence-corrected chi connectivity index (χ1v) is 7.98. The van der Waals surface area contributed by atoms with E-state index in [9.17, 15) is 0 Å². The summed E-state index contributed by atoms with van der Waals surface area (Å²) in [5.41, 5.74) is 1.80. The fraction of sp³-hybridized carbons (Fsp3) is 0.733. The summed E-state index contributed by atoms with van der Waals surface area (Å²) in [6, 6.07) is 2.32. The van der Waals surface area contributed by atoms with Crippen LogP contribution in [0.25, 0.3) is 0 Å². The number of nitrogens with one attached hydrogen (secondary N) is 2. The minimum absolute atomic E-state index is 0.371. The predicted octanol–water partition coefficient (Wildman–Crippen LogP) is 3.38. The summed E-state index contributed by atoms with van der Waals surface area (Å²) < 4.78 is 0. The van der Waals surface area contributed by atoms with E-state index in [1.54, 1.807) is 0 Å². The van der Waals surface area contributed by atoms with Gasteiger partial charge in [-0.15, -0.1) is 11.3 Å². The Morgan fingerprint density at radius 3 is 2.83 bits per heavy atom.